The third kappa shape index (κ3) is 2.22. The van der Waals surface area contributed by atoms with Crippen molar-refractivity contribution >= 4 is 44.3 Å². The van der Waals surface area contributed by atoms with E-state index in [4.69, 9.17) is 0 Å². The van der Waals surface area contributed by atoms with Gasteiger partial charge in [-0.15, -0.1) is 0 Å². The van der Waals surface area contributed by atoms with Gasteiger partial charge in [0.05, 0.1) is 5.52 Å². The highest BCUT2D eigenvalue weighted by Gasteiger charge is 2.09. The highest BCUT2D eigenvalue weighted by atomic mass is 127. The Morgan fingerprint density at radius 1 is 0.773 bits per heavy atom. The third-order valence-corrected chi connectivity index (χ3v) is 4.50. The first-order chi connectivity index (χ1) is 10.7. The lowest BCUT2D eigenvalue weighted by molar-refractivity contribution is 1.31. The fourth-order valence-corrected chi connectivity index (χ4v) is 3.55. The van der Waals surface area contributed by atoms with Crippen molar-refractivity contribution in [1.82, 2.24) is 4.98 Å². The van der Waals surface area contributed by atoms with Gasteiger partial charge < -0.3 is 4.98 Å². The first-order valence-corrected chi connectivity index (χ1v) is 8.11. The number of rotatable bonds is 1. The molecule has 0 saturated carbocycles. The highest BCUT2D eigenvalue weighted by Crippen LogP contribution is 2.33. The maximum absolute atomic E-state index is 11.8. The van der Waals surface area contributed by atoms with Gasteiger partial charge in [0, 0.05) is 15.2 Å². The molecular formula is C19H12INO. The SMILES string of the molecule is O=c1ccc2cc(I)cc(-c3cccc4ccccc34)c2[nH]1. The molecule has 0 radical (unpaired) electrons. The zero-order valence-corrected chi connectivity index (χ0v) is 13.8. The standard InChI is InChI=1S/C19H12INO/c20-14-10-13-8-9-18(22)21-19(13)17(11-14)16-7-3-5-12-4-1-2-6-15(12)16/h1-11H,(H,21,22). The van der Waals surface area contributed by atoms with Crippen LogP contribution in [-0.4, -0.2) is 4.98 Å². The minimum Gasteiger partial charge on any atom is -0.321 e. The van der Waals surface area contributed by atoms with Gasteiger partial charge in [-0.2, -0.15) is 0 Å². The highest BCUT2D eigenvalue weighted by molar-refractivity contribution is 14.1. The van der Waals surface area contributed by atoms with Crippen LogP contribution in [0.25, 0.3) is 32.8 Å². The number of H-pyrrole nitrogens is 1. The number of benzene rings is 3. The van der Waals surface area contributed by atoms with E-state index in [0.29, 0.717) is 0 Å². The lowest BCUT2D eigenvalue weighted by atomic mass is 9.96. The molecule has 0 aliphatic carbocycles. The van der Waals surface area contributed by atoms with Crippen LogP contribution in [0.4, 0.5) is 0 Å². The van der Waals surface area contributed by atoms with E-state index in [1.807, 2.05) is 18.2 Å². The van der Waals surface area contributed by atoms with Crippen LogP contribution in [0.1, 0.15) is 0 Å². The van der Waals surface area contributed by atoms with Gasteiger partial charge in [0.25, 0.3) is 0 Å². The molecule has 106 valence electrons. The summed E-state index contributed by atoms with van der Waals surface area (Å²) < 4.78 is 1.15. The molecule has 22 heavy (non-hydrogen) atoms. The Labute approximate surface area is 140 Å². The number of pyridine rings is 1. The summed E-state index contributed by atoms with van der Waals surface area (Å²) in [6, 6.07) is 22.3. The van der Waals surface area contributed by atoms with Crippen molar-refractivity contribution in [3.63, 3.8) is 0 Å². The van der Waals surface area contributed by atoms with Crippen molar-refractivity contribution in [2.45, 2.75) is 0 Å². The van der Waals surface area contributed by atoms with Crippen molar-refractivity contribution in [2.24, 2.45) is 0 Å². The quantitative estimate of drug-likeness (QED) is 0.453. The monoisotopic (exact) mass is 397 g/mol. The minimum atomic E-state index is -0.0739. The van der Waals surface area contributed by atoms with Crippen molar-refractivity contribution in [1.29, 1.82) is 0 Å². The van der Waals surface area contributed by atoms with E-state index in [1.165, 1.54) is 10.8 Å². The van der Waals surface area contributed by atoms with E-state index in [-0.39, 0.29) is 5.56 Å². The Morgan fingerprint density at radius 3 is 2.50 bits per heavy atom. The molecule has 0 unspecified atom stereocenters. The molecular weight excluding hydrogens is 385 g/mol. The summed E-state index contributed by atoms with van der Waals surface area (Å²) >= 11 is 2.32. The molecule has 3 aromatic carbocycles. The summed E-state index contributed by atoms with van der Waals surface area (Å²) in [6.45, 7) is 0. The van der Waals surface area contributed by atoms with Crippen LogP contribution in [0.2, 0.25) is 0 Å². The predicted molar refractivity (Wildman–Crippen MR) is 100 cm³/mol. The van der Waals surface area contributed by atoms with Gasteiger partial charge in [0.15, 0.2) is 0 Å². The number of fused-ring (bicyclic) bond motifs is 2. The molecule has 4 rings (SSSR count). The van der Waals surface area contributed by atoms with Crippen LogP contribution in [0.5, 0.6) is 0 Å². The van der Waals surface area contributed by atoms with E-state index in [1.54, 1.807) is 6.07 Å². The van der Waals surface area contributed by atoms with Gasteiger partial charge in [-0.25, -0.2) is 0 Å². The molecule has 0 fully saturated rings. The van der Waals surface area contributed by atoms with Crippen LogP contribution in [0.3, 0.4) is 0 Å². The van der Waals surface area contributed by atoms with Gasteiger partial charge in [-0.1, -0.05) is 42.5 Å². The van der Waals surface area contributed by atoms with Crippen LogP contribution in [0.15, 0.2) is 71.5 Å². The molecule has 0 atom stereocenters. The van der Waals surface area contributed by atoms with Gasteiger partial charge in [-0.05, 0) is 62.5 Å². The third-order valence-electron chi connectivity index (χ3n) is 3.88. The van der Waals surface area contributed by atoms with Gasteiger partial charge >= 0.3 is 0 Å². The molecule has 1 heterocycles. The lowest BCUT2D eigenvalue weighted by Gasteiger charge is -2.11. The molecule has 0 bridgehead atoms. The normalized spacial score (nSPS) is 11.1. The van der Waals surface area contributed by atoms with E-state index in [2.05, 4.69) is 70.0 Å². The second kappa shape index (κ2) is 5.25. The number of aromatic amines is 1. The van der Waals surface area contributed by atoms with Crippen LogP contribution >= 0.6 is 22.6 Å². The summed E-state index contributed by atoms with van der Waals surface area (Å²) in [5.41, 5.74) is 3.03. The number of halogens is 1. The average Bonchev–Trinajstić information content (AvgIpc) is 2.54. The van der Waals surface area contributed by atoms with Crippen molar-refractivity contribution in [3.8, 4) is 11.1 Å². The zero-order chi connectivity index (χ0) is 15.1. The maximum atomic E-state index is 11.8. The summed E-state index contributed by atoms with van der Waals surface area (Å²) in [7, 11) is 0. The molecule has 0 aliphatic rings. The molecule has 0 aliphatic heterocycles. The van der Waals surface area contributed by atoms with Crippen molar-refractivity contribution in [3.05, 3.63) is 80.7 Å². The van der Waals surface area contributed by atoms with E-state index in [9.17, 15) is 4.79 Å². The average molecular weight is 397 g/mol. The Morgan fingerprint density at radius 2 is 1.59 bits per heavy atom. The second-order valence-corrected chi connectivity index (χ2v) is 6.51. The molecule has 1 aromatic heterocycles. The molecule has 1 N–H and O–H groups in total. The molecule has 3 heteroatoms. The Balaban J connectivity index is 2.16. The minimum absolute atomic E-state index is 0.0739. The second-order valence-electron chi connectivity index (χ2n) is 5.27. The molecule has 0 amide bonds. The first-order valence-electron chi connectivity index (χ1n) is 7.03. The molecule has 4 aromatic rings. The van der Waals surface area contributed by atoms with Crippen LogP contribution in [0, 0.1) is 3.57 Å². The zero-order valence-electron chi connectivity index (χ0n) is 11.6. The van der Waals surface area contributed by atoms with Crippen LogP contribution in [-0.2, 0) is 0 Å². The molecule has 0 spiro atoms. The number of hydrogen-bond donors (Lipinski definition) is 1. The molecule has 2 nitrogen and oxygen atoms in total. The number of aromatic nitrogens is 1. The fourth-order valence-electron chi connectivity index (χ4n) is 2.90. The van der Waals surface area contributed by atoms with Crippen molar-refractivity contribution in [2.75, 3.05) is 0 Å². The lowest BCUT2D eigenvalue weighted by Crippen LogP contribution is -2.03. The topological polar surface area (TPSA) is 32.9 Å². The predicted octanol–water partition coefficient (Wildman–Crippen LogP) is 4.95. The van der Waals surface area contributed by atoms with Gasteiger partial charge in [0.2, 0.25) is 5.56 Å². The van der Waals surface area contributed by atoms with Crippen molar-refractivity contribution < 1.29 is 0 Å². The van der Waals surface area contributed by atoms with Gasteiger partial charge in [0.1, 0.15) is 0 Å². The molecule has 0 saturated heterocycles. The number of hydrogen-bond acceptors (Lipinski definition) is 1. The number of nitrogens with one attached hydrogen (secondary N) is 1. The van der Waals surface area contributed by atoms with Crippen LogP contribution < -0.4 is 5.56 Å². The Bertz CT molecular complexity index is 1060. The Kier molecular flexibility index (Phi) is 3.22. The fraction of sp³-hybridized carbons (Fsp3) is 0. The van der Waals surface area contributed by atoms with E-state index < -0.39 is 0 Å². The summed E-state index contributed by atoms with van der Waals surface area (Å²) in [4.78, 5) is 14.7. The largest absolute Gasteiger partial charge is 0.321 e. The smallest absolute Gasteiger partial charge is 0.248 e. The summed E-state index contributed by atoms with van der Waals surface area (Å²) in [5, 5.41) is 3.44. The Hall–Kier alpha value is -2.14. The van der Waals surface area contributed by atoms with Gasteiger partial charge in [-0.3, -0.25) is 4.79 Å². The van der Waals surface area contributed by atoms with E-state index in [0.717, 1.165) is 25.6 Å². The first kappa shape index (κ1) is 13.5. The summed E-state index contributed by atoms with van der Waals surface area (Å²) in [6.07, 6.45) is 0. The summed E-state index contributed by atoms with van der Waals surface area (Å²) in [5.74, 6) is 0. The maximum Gasteiger partial charge on any atom is 0.248 e. The van der Waals surface area contributed by atoms with E-state index >= 15 is 0 Å².